The minimum absolute atomic E-state index is 0.934. The number of rotatable bonds is 4. The molecule has 0 atom stereocenters. The predicted octanol–water partition coefficient (Wildman–Crippen LogP) is 3.54. The highest BCUT2D eigenvalue weighted by Crippen LogP contribution is 2.21. The van der Waals surface area contributed by atoms with Gasteiger partial charge in [-0.1, -0.05) is 6.07 Å². The van der Waals surface area contributed by atoms with Crippen molar-refractivity contribution in [3.05, 3.63) is 50.9 Å². The summed E-state index contributed by atoms with van der Waals surface area (Å²) in [5.41, 5.74) is 1.25. The molecule has 84 valence electrons. The Morgan fingerprint density at radius 3 is 2.94 bits per heavy atom. The number of hydrogen-bond acceptors (Lipinski definition) is 3. The minimum atomic E-state index is 0.934. The lowest BCUT2D eigenvalue weighted by Crippen LogP contribution is -2.16. The molecule has 4 heteroatoms. The number of nitrogens with zero attached hydrogens (tertiary/aromatic N) is 2. The number of aromatic nitrogens is 1. The lowest BCUT2D eigenvalue weighted by molar-refractivity contribution is 0.321. The molecule has 0 aliphatic carbocycles. The molecule has 0 radical (unpaired) electrons. The van der Waals surface area contributed by atoms with Gasteiger partial charge in [0, 0.05) is 40.2 Å². The highest BCUT2D eigenvalue weighted by molar-refractivity contribution is 9.10. The van der Waals surface area contributed by atoms with Crippen molar-refractivity contribution < 1.29 is 0 Å². The van der Waals surface area contributed by atoms with E-state index in [1.54, 1.807) is 17.5 Å². The smallest absolute Gasteiger partial charge is 0.0328 e. The first kappa shape index (κ1) is 11.8. The van der Waals surface area contributed by atoms with Crippen LogP contribution in [0.2, 0.25) is 0 Å². The molecule has 0 amide bonds. The van der Waals surface area contributed by atoms with Gasteiger partial charge in [0.1, 0.15) is 0 Å². The van der Waals surface area contributed by atoms with Gasteiger partial charge in [-0.3, -0.25) is 9.88 Å². The van der Waals surface area contributed by atoms with Crippen LogP contribution < -0.4 is 0 Å². The summed E-state index contributed by atoms with van der Waals surface area (Å²) < 4.78 is 1.17. The summed E-state index contributed by atoms with van der Waals surface area (Å²) in [6.45, 7) is 1.91. The number of halogens is 1. The molecule has 16 heavy (non-hydrogen) atoms. The summed E-state index contributed by atoms with van der Waals surface area (Å²) in [6, 6.07) is 6.25. The van der Waals surface area contributed by atoms with Crippen LogP contribution in [0.15, 0.2) is 40.4 Å². The monoisotopic (exact) mass is 296 g/mol. The van der Waals surface area contributed by atoms with Gasteiger partial charge >= 0.3 is 0 Å². The van der Waals surface area contributed by atoms with E-state index >= 15 is 0 Å². The molecule has 0 saturated carbocycles. The predicted molar refractivity (Wildman–Crippen MR) is 71.4 cm³/mol. The van der Waals surface area contributed by atoms with Gasteiger partial charge in [0.2, 0.25) is 0 Å². The van der Waals surface area contributed by atoms with Crippen LogP contribution in [0.4, 0.5) is 0 Å². The third-order valence-corrected chi connectivity index (χ3v) is 3.91. The van der Waals surface area contributed by atoms with Gasteiger partial charge in [0.15, 0.2) is 0 Å². The van der Waals surface area contributed by atoms with Crippen LogP contribution >= 0.6 is 27.3 Å². The highest BCUT2D eigenvalue weighted by atomic mass is 79.9. The van der Waals surface area contributed by atoms with E-state index in [0.29, 0.717) is 0 Å². The fraction of sp³-hybridized carbons (Fsp3) is 0.250. The Morgan fingerprint density at radius 1 is 1.44 bits per heavy atom. The first-order chi connectivity index (χ1) is 7.74. The zero-order chi connectivity index (χ0) is 11.4. The molecular weight excluding hydrogens is 284 g/mol. The van der Waals surface area contributed by atoms with Gasteiger partial charge in [-0.05, 0) is 40.7 Å². The van der Waals surface area contributed by atoms with Crippen molar-refractivity contribution in [1.82, 2.24) is 9.88 Å². The SMILES string of the molecule is CN(Cc1cccnc1)Cc1cc(Br)cs1. The molecule has 0 fully saturated rings. The second-order valence-corrected chi connectivity index (χ2v) is 5.68. The number of pyridine rings is 1. The van der Waals surface area contributed by atoms with Crippen molar-refractivity contribution >= 4 is 27.3 Å². The second kappa shape index (κ2) is 5.57. The van der Waals surface area contributed by atoms with E-state index in [4.69, 9.17) is 0 Å². The van der Waals surface area contributed by atoms with Crippen molar-refractivity contribution in [1.29, 1.82) is 0 Å². The van der Waals surface area contributed by atoms with E-state index in [1.807, 2.05) is 12.3 Å². The minimum Gasteiger partial charge on any atom is -0.297 e. The van der Waals surface area contributed by atoms with Crippen molar-refractivity contribution in [2.45, 2.75) is 13.1 Å². The standard InChI is InChI=1S/C12H13BrN2S/c1-15(7-10-3-2-4-14-6-10)8-12-5-11(13)9-16-12/h2-6,9H,7-8H2,1H3. The van der Waals surface area contributed by atoms with Crippen LogP contribution in [0.1, 0.15) is 10.4 Å². The molecule has 0 aliphatic heterocycles. The van der Waals surface area contributed by atoms with Crippen LogP contribution in [0.5, 0.6) is 0 Å². The van der Waals surface area contributed by atoms with Crippen molar-refractivity contribution in [2.24, 2.45) is 0 Å². The lowest BCUT2D eigenvalue weighted by Gasteiger charge is -2.15. The molecule has 0 spiro atoms. The summed E-state index contributed by atoms with van der Waals surface area (Å²) in [6.07, 6.45) is 3.72. The Kier molecular flexibility index (Phi) is 4.09. The summed E-state index contributed by atoms with van der Waals surface area (Å²) >= 11 is 5.26. The van der Waals surface area contributed by atoms with Crippen LogP contribution in [-0.4, -0.2) is 16.9 Å². The van der Waals surface area contributed by atoms with Gasteiger partial charge in [-0.2, -0.15) is 0 Å². The molecule has 2 heterocycles. The summed E-state index contributed by atoms with van der Waals surface area (Å²) in [7, 11) is 2.13. The first-order valence-corrected chi connectivity index (χ1v) is 6.71. The van der Waals surface area contributed by atoms with Gasteiger partial charge < -0.3 is 0 Å². The van der Waals surface area contributed by atoms with Crippen molar-refractivity contribution in [2.75, 3.05) is 7.05 Å². The van der Waals surface area contributed by atoms with Gasteiger partial charge in [0.25, 0.3) is 0 Å². The Morgan fingerprint density at radius 2 is 2.31 bits per heavy atom. The maximum absolute atomic E-state index is 4.12. The van der Waals surface area contributed by atoms with E-state index in [1.165, 1.54) is 14.9 Å². The van der Waals surface area contributed by atoms with Crippen LogP contribution in [-0.2, 0) is 13.1 Å². The number of thiophene rings is 1. The fourth-order valence-corrected chi connectivity index (χ4v) is 3.09. The Balaban J connectivity index is 1.92. The van der Waals surface area contributed by atoms with E-state index in [2.05, 4.69) is 50.4 Å². The molecule has 2 aromatic rings. The van der Waals surface area contributed by atoms with Crippen LogP contribution in [0, 0.1) is 0 Å². The Labute approximate surface area is 108 Å². The summed E-state index contributed by atoms with van der Waals surface area (Å²) in [5.74, 6) is 0. The molecule has 0 bridgehead atoms. The maximum Gasteiger partial charge on any atom is 0.0328 e. The quantitative estimate of drug-likeness (QED) is 0.858. The molecule has 2 nitrogen and oxygen atoms in total. The van der Waals surface area contributed by atoms with Crippen molar-refractivity contribution in [3.8, 4) is 0 Å². The van der Waals surface area contributed by atoms with E-state index < -0.39 is 0 Å². The molecule has 2 rings (SSSR count). The Bertz CT molecular complexity index is 441. The largest absolute Gasteiger partial charge is 0.297 e. The fourth-order valence-electron chi connectivity index (χ4n) is 1.56. The average Bonchev–Trinajstić information content (AvgIpc) is 2.65. The first-order valence-electron chi connectivity index (χ1n) is 5.04. The van der Waals surface area contributed by atoms with E-state index in [-0.39, 0.29) is 0 Å². The number of hydrogen-bond donors (Lipinski definition) is 0. The maximum atomic E-state index is 4.12. The third kappa shape index (κ3) is 3.40. The van der Waals surface area contributed by atoms with E-state index in [9.17, 15) is 0 Å². The van der Waals surface area contributed by atoms with Gasteiger partial charge in [-0.15, -0.1) is 11.3 Å². The van der Waals surface area contributed by atoms with E-state index in [0.717, 1.165) is 13.1 Å². The summed E-state index contributed by atoms with van der Waals surface area (Å²) in [4.78, 5) is 7.78. The molecule has 0 N–H and O–H groups in total. The Hall–Kier alpha value is -0.710. The highest BCUT2D eigenvalue weighted by Gasteiger charge is 2.03. The topological polar surface area (TPSA) is 16.1 Å². The normalized spacial score (nSPS) is 10.9. The van der Waals surface area contributed by atoms with Crippen LogP contribution in [0.25, 0.3) is 0 Å². The van der Waals surface area contributed by atoms with Gasteiger partial charge in [-0.25, -0.2) is 0 Å². The molecule has 2 aromatic heterocycles. The zero-order valence-electron chi connectivity index (χ0n) is 9.06. The summed E-state index contributed by atoms with van der Waals surface area (Å²) in [5, 5.41) is 2.12. The lowest BCUT2D eigenvalue weighted by atomic mass is 10.2. The zero-order valence-corrected chi connectivity index (χ0v) is 11.5. The second-order valence-electron chi connectivity index (χ2n) is 3.76. The average molecular weight is 297 g/mol. The molecule has 0 unspecified atom stereocenters. The van der Waals surface area contributed by atoms with Crippen LogP contribution in [0.3, 0.4) is 0 Å². The molecular formula is C12H13BrN2S. The molecule has 0 saturated heterocycles. The molecule has 0 aliphatic rings. The third-order valence-electron chi connectivity index (χ3n) is 2.22. The van der Waals surface area contributed by atoms with Crippen molar-refractivity contribution in [3.63, 3.8) is 0 Å². The van der Waals surface area contributed by atoms with Gasteiger partial charge in [0.05, 0.1) is 0 Å². The molecule has 0 aromatic carbocycles.